The van der Waals surface area contributed by atoms with Crippen molar-refractivity contribution in [3.63, 3.8) is 0 Å². The van der Waals surface area contributed by atoms with E-state index in [2.05, 4.69) is 29.0 Å². The highest BCUT2D eigenvalue weighted by Gasteiger charge is 2.22. The lowest BCUT2D eigenvalue weighted by Crippen LogP contribution is -2.38. The van der Waals surface area contributed by atoms with Crippen LogP contribution in [-0.2, 0) is 0 Å². The first-order chi connectivity index (χ1) is 10.6. The zero-order chi connectivity index (χ0) is 15.9. The Hall–Kier alpha value is -1.66. The third-order valence-electron chi connectivity index (χ3n) is 4.37. The molecule has 0 aliphatic carbocycles. The molecule has 22 heavy (non-hydrogen) atoms. The lowest BCUT2D eigenvalue weighted by molar-refractivity contribution is -0.384. The molecule has 6 nitrogen and oxygen atoms in total. The molecule has 1 N–H and O–H groups in total. The quantitative estimate of drug-likeness (QED) is 0.589. The maximum absolute atomic E-state index is 10.7. The minimum Gasteiger partial charge on any atom is -0.370 e. The molecule has 0 saturated carbocycles. The number of non-ortho nitro benzene ring substituents is 1. The first-order valence-corrected chi connectivity index (χ1v) is 8.09. The lowest BCUT2D eigenvalue weighted by Gasteiger charge is -2.21. The van der Waals surface area contributed by atoms with Crippen molar-refractivity contribution in [3.05, 3.63) is 34.4 Å². The second-order valence-electron chi connectivity index (χ2n) is 5.69. The largest absolute Gasteiger partial charge is 0.370 e. The summed E-state index contributed by atoms with van der Waals surface area (Å²) < 4.78 is 0. The van der Waals surface area contributed by atoms with E-state index >= 15 is 0 Å². The maximum atomic E-state index is 10.7. The van der Waals surface area contributed by atoms with E-state index in [0.717, 1.165) is 51.4 Å². The van der Waals surface area contributed by atoms with Gasteiger partial charge in [0.25, 0.3) is 5.69 Å². The van der Waals surface area contributed by atoms with E-state index in [1.54, 1.807) is 12.1 Å². The van der Waals surface area contributed by atoms with E-state index in [4.69, 9.17) is 0 Å². The van der Waals surface area contributed by atoms with Crippen molar-refractivity contribution in [2.45, 2.75) is 26.3 Å². The number of anilines is 1. The highest BCUT2D eigenvalue weighted by molar-refractivity contribution is 5.51. The van der Waals surface area contributed by atoms with Crippen LogP contribution in [0.2, 0.25) is 0 Å². The minimum atomic E-state index is -0.356. The predicted octanol–water partition coefficient (Wildman–Crippen LogP) is 2.10. The fraction of sp³-hybridized carbons (Fsp3) is 0.625. The van der Waals surface area contributed by atoms with Gasteiger partial charge >= 0.3 is 0 Å². The van der Waals surface area contributed by atoms with E-state index in [-0.39, 0.29) is 10.6 Å². The van der Waals surface area contributed by atoms with Crippen molar-refractivity contribution in [2.75, 3.05) is 44.2 Å². The molecule has 1 saturated heterocycles. The Morgan fingerprint density at radius 3 is 2.59 bits per heavy atom. The second-order valence-corrected chi connectivity index (χ2v) is 5.69. The Bertz CT molecular complexity index is 474. The zero-order valence-electron chi connectivity index (χ0n) is 13.5. The maximum Gasteiger partial charge on any atom is 0.269 e. The number of nitro benzene ring substituents is 1. The Kier molecular flexibility index (Phi) is 6.15. The minimum absolute atomic E-state index is 0.150. The van der Waals surface area contributed by atoms with Crippen molar-refractivity contribution in [1.29, 1.82) is 0 Å². The summed E-state index contributed by atoms with van der Waals surface area (Å²) in [5, 5.41) is 14.3. The molecule has 1 fully saturated rings. The second kappa shape index (κ2) is 8.10. The van der Waals surface area contributed by atoms with Crippen LogP contribution in [0.25, 0.3) is 0 Å². The van der Waals surface area contributed by atoms with Crippen molar-refractivity contribution in [3.8, 4) is 0 Å². The van der Waals surface area contributed by atoms with Gasteiger partial charge in [-0.1, -0.05) is 13.8 Å². The van der Waals surface area contributed by atoms with E-state index in [1.165, 1.54) is 0 Å². The van der Waals surface area contributed by atoms with Gasteiger partial charge in [0.2, 0.25) is 0 Å². The molecule has 0 unspecified atom stereocenters. The number of nitrogens with zero attached hydrogens (tertiary/aromatic N) is 3. The highest BCUT2D eigenvalue weighted by atomic mass is 16.6. The van der Waals surface area contributed by atoms with Crippen LogP contribution in [0.4, 0.5) is 11.4 Å². The first-order valence-electron chi connectivity index (χ1n) is 8.09. The number of hydrogen-bond donors (Lipinski definition) is 1. The molecule has 1 aliphatic heterocycles. The van der Waals surface area contributed by atoms with Crippen molar-refractivity contribution in [2.24, 2.45) is 0 Å². The van der Waals surface area contributed by atoms with Crippen LogP contribution in [-0.4, -0.2) is 55.1 Å². The van der Waals surface area contributed by atoms with Crippen LogP contribution in [0.15, 0.2) is 24.3 Å². The molecule has 0 radical (unpaired) electrons. The molecule has 0 aromatic heterocycles. The normalized spacial score (nSPS) is 18.1. The summed E-state index contributed by atoms with van der Waals surface area (Å²) in [5.41, 5.74) is 1.22. The molecule has 1 aliphatic rings. The summed E-state index contributed by atoms with van der Waals surface area (Å²) in [7, 11) is 0. The van der Waals surface area contributed by atoms with Crippen molar-refractivity contribution < 1.29 is 4.92 Å². The molecule has 2 rings (SSSR count). The van der Waals surface area contributed by atoms with Crippen LogP contribution in [0.5, 0.6) is 0 Å². The monoisotopic (exact) mass is 306 g/mol. The number of nitro groups is 1. The summed E-state index contributed by atoms with van der Waals surface area (Å²) in [6.07, 6.45) is 1.12. The summed E-state index contributed by atoms with van der Waals surface area (Å²) in [6.45, 7) is 10.6. The van der Waals surface area contributed by atoms with Crippen LogP contribution >= 0.6 is 0 Å². The van der Waals surface area contributed by atoms with Crippen molar-refractivity contribution in [1.82, 2.24) is 10.2 Å². The molecular weight excluding hydrogens is 280 g/mol. The SMILES string of the molecule is CCN(CC)CCN[C@@H]1CCN(c2ccc([N+](=O)[O-])cc2)C1. The molecule has 1 atom stereocenters. The summed E-state index contributed by atoms with van der Waals surface area (Å²) in [5.74, 6) is 0. The number of hydrogen-bond acceptors (Lipinski definition) is 5. The zero-order valence-corrected chi connectivity index (χ0v) is 13.5. The summed E-state index contributed by atoms with van der Waals surface area (Å²) in [6, 6.07) is 7.35. The van der Waals surface area contributed by atoms with Crippen molar-refractivity contribution >= 4 is 11.4 Å². The topological polar surface area (TPSA) is 61.6 Å². The smallest absolute Gasteiger partial charge is 0.269 e. The van der Waals surface area contributed by atoms with Gasteiger partial charge in [-0.25, -0.2) is 0 Å². The van der Waals surface area contributed by atoms with Crippen LogP contribution in [0, 0.1) is 10.1 Å². The average Bonchev–Trinajstić information content (AvgIpc) is 3.00. The third kappa shape index (κ3) is 4.42. The summed E-state index contributed by atoms with van der Waals surface area (Å²) >= 11 is 0. The van der Waals surface area contributed by atoms with Gasteiger partial charge in [0.15, 0.2) is 0 Å². The van der Waals surface area contributed by atoms with Crippen LogP contribution in [0.3, 0.4) is 0 Å². The number of nitrogens with one attached hydrogen (secondary N) is 1. The van der Waals surface area contributed by atoms with Gasteiger partial charge in [0.05, 0.1) is 4.92 Å². The molecule has 0 spiro atoms. The standard InChI is InChI=1S/C16H26N4O2/c1-3-18(4-2)12-10-17-14-9-11-19(13-14)15-5-7-16(8-6-15)20(21)22/h5-8,14,17H,3-4,9-13H2,1-2H3/t14-/m1/s1. The third-order valence-corrected chi connectivity index (χ3v) is 4.37. The van der Waals surface area contributed by atoms with E-state index in [1.807, 2.05) is 12.1 Å². The highest BCUT2D eigenvalue weighted by Crippen LogP contribution is 2.23. The fourth-order valence-electron chi connectivity index (χ4n) is 2.91. The molecule has 6 heteroatoms. The Balaban J connectivity index is 1.78. The predicted molar refractivity (Wildman–Crippen MR) is 89.5 cm³/mol. The van der Waals surface area contributed by atoms with Gasteiger partial charge in [-0.15, -0.1) is 0 Å². The van der Waals surface area contributed by atoms with Gasteiger partial charge in [-0.3, -0.25) is 10.1 Å². The number of benzene rings is 1. The molecule has 1 heterocycles. The molecule has 1 aromatic rings. The van der Waals surface area contributed by atoms with E-state index in [0.29, 0.717) is 6.04 Å². The van der Waals surface area contributed by atoms with Gasteiger partial charge in [-0.2, -0.15) is 0 Å². The van der Waals surface area contributed by atoms with Crippen LogP contribution < -0.4 is 10.2 Å². The fourth-order valence-corrected chi connectivity index (χ4v) is 2.91. The van der Waals surface area contributed by atoms with E-state index < -0.39 is 0 Å². The number of likely N-dealkylation sites (N-methyl/N-ethyl adjacent to an activating group) is 1. The van der Waals surface area contributed by atoms with Gasteiger partial charge < -0.3 is 15.1 Å². The average molecular weight is 306 g/mol. The van der Waals surface area contributed by atoms with Crippen LogP contribution in [0.1, 0.15) is 20.3 Å². The summed E-state index contributed by atoms with van der Waals surface area (Å²) in [4.78, 5) is 15.0. The van der Waals surface area contributed by atoms with Gasteiger partial charge in [-0.05, 0) is 31.6 Å². The molecule has 122 valence electrons. The molecule has 1 aromatic carbocycles. The first kappa shape index (κ1) is 16.7. The van der Waals surface area contributed by atoms with Gasteiger partial charge in [0.1, 0.15) is 0 Å². The Labute approximate surface area is 132 Å². The molecule has 0 bridgehead atoms. The van der Waals surface area contributed by atoms with Gasteiger partial charge in [0, 0.05) is 50.0 Å². The lowest BCUT2D eigenvalue weighted by atomic mass is 10.2. The molecular formula is C16H26N4O2. The Morgan fingerprint density at radius 1 is 1.32 bits per heavy atom. The van der Waals surface area contributed by atoms with E-state index in [9.17, 15) is 10.1 Å². The molecule has 0 amide bonds. The Morgan fingerprint density at radius 2 is 2.00 bits per heavy atom. The number of rotatable bonds is 8.